The highest BCUT2D eigenvalue weighted by Crippen LogP contribution is 2.35. The van der Waals surface area contributed by atoms with Crippen molar-refractivity contribution in [1.29, 1.82) is 0 Å². The molecule has 2 rings (SSSR count). The molecule has 2 aliphatic rings. The summed E-state index contributed by atoms with van der Waals surface area (Å²) >= 11 is 0. The van der Waals surface area contributed by atoms with Crippen LogP contribution in [-0.4, -0.2) is 55.6 Å². The molecule has 3 nitrogen and oxygen atoms in total. The molecule has 0 aromatic rings. The molecule has 1 aliphatic carbocycles. The zero-order chi connectivity index (χ0) is 9.26. The second-order valence-corrected chi connectivity index (χ2v) is 4.48. The van der Waals surface area contributed by atoms with E-state index in [1.54, 1.807) is 0 Å². The molecule has 1 heterocycles. The van der Waals surface area contributed by atoms with E-state index in [9.17, 15) is 0 Å². The number of rotatable bonds is 3. The number of hydrogen-bond acceptors (Lipinski definition) is 3. The van der Waals surface area contributed by atoms with E-state index in [1.807, 2.05) is 0 Å². The van der Waals surface area contributed by atoms with Crippen LogP contribution in [0.4, 0.5) is 0 Å². The Balaban J connectivity index is 1.84. The van der Waals surface area contributed by atoms with Crippen LogP contribution < -0.4 is 5.73 Å². The molecule has 0 spiro atoms. The number of piperazine rings is 1. The van der Waals surface area contributed by atoms with Gasteiger partial charge in [0.1, 0.15) is 0 Å². The van der Waals surface area contributed by atoms with Crippen LogP contribution in [-0.2, 0) is 0 Å². The highest BCUT2D eigenvalue weighted by Gasteiger charge is 2.34. The molecular weight excluding hydrogens is 162 g/mol. The van der Waals surface area contributed by atoms with Gasteiger partial charge in [-0.15, -0.1) is 0 Å². The molecule has 1 saturated carbocycles. The normalized spacial score (nSPS) is 29.1. The molecule has 0 aromatic heterocycles. The minimum atomic E-state index is 0.689. The first-order chi connectivity index (χ1) is 6.31. The lowest BCUT2D eigenvalue weighted by Gasteiger charge is -2.37. The maximum Gasteiger partial charge on any atom is 0.0247 e. The van der Waals surface area contributed by atoms with E-state index in [2.05, 4.69) is 16.8 Å². The molecule has 1 saturated heterocycles. The van der Waals surface area contributed by atoms with Crippen molar-refractivity contribution in [2.75, 3.05) is 39.8 Å². The van der Waals surface area contributed by atoms with E-state index in [-0.39, 0.29) is 0 Å². The predicted molar refractivity (Wildman–Crippen MR) is 54.6 cm³/mol. The molecule has 0 bridgehead atoms. The minimum Gasteiger partial charge on any atom is -0.329 e. The monoisotopic (exact) mass is 183 g/mol. The largest absolute Gasteiger partial charge is 0.329 e. The first kappa shape index (κ1) is 9.44. The Labute approximate surface area is 80.9 Å². The van der Waals surface area contributed by atoms with E-state index in [1.165, 1.54) is 39.0 Å². The lowest BCUT2D eigenvalue weighted by Crippen LogP contribution is -2.52. The predicted octanol–water partition coefficient (Wildman–Crippen LogP) is -0.0289. The van der Waals surface area contributed by atoms with Crippen LogP contribution in [0, 0.1) is 5.92 Å². The zero-order valence-corrected chi connectivity index (χ0v) is 8.58. The van der Waals surface area contributed by atoms with Crippen LogP contribution in [0.5, 0.6) is 0 Å². The van der Waals surface area contributed by atoms with Crippen molar-refractivity contribution < 1.29 is 0 Å². The Morgan fingerprint density at radius 1 is 1.23 bits per heavy atom. The SMILES string of the molecule is CN1CCN(C(CN)C2CC2)CC1. The van der Waals surface area contributed by atoms with E-state index in [0.717, 1.165) is 12.5 Å². The van der Waals surface area contributed by atoms with Gasteiger partial charge in [-0.25, -0.2) is 0 Å². The molecule has 0 aromatic carbocycles. The van der Waals surface area contributed by atoms with E-state index in [0.29, 0.717) is 6.04 Å². The van der Waals surface area contributed by atoms with Crippen molar-refractivity contribution in [3.63, 3.8) is 0 Å². The Bertz CT molecular complexity index is 160. The van der Waals surface area contributed by atoms with Crippen LogP contribution in [0.3, 0.4) is 0 Å². The van der Waals surface area contributed by atoms with Gasteiger partial charge >= 0.3 is 0 Å². The fraction of sp³-hybridized carbons (Fsp3) is 1.00. The van der Waals surface area contributed by atoms with Gasteiger partial charge in [0.15, 0.2) is 0 Å². The third-order valence-corrected chi connectivity index (χ3v) is 3.41. The Morgan fingerprint density at radius 3 is 2.31 bits per heavy atom. The topological polar surface area (TPSA) is 32.5 Å². The molecule has 1 atom stereocenters. The molecule has 0 amide bonds. The average molecular weight is 183 g/mol. The summed E-state index contributed by atoms with van der Waals surface area (Å²) < 4.78 is 0. The first-order valence-electron chi connectivity index (χ1n) is 5.44. The summed E-state index contributed by atoms with van der Waals surface area (Å²) in [6.07, 6.45) is 2.82. The summed E-state index contributed by atoms with van der Waals surface area (Å²) in [5, 5.41) is 0. The molecular formula is C10H21N3. The highest BCUT2D eigenvalue weighted by molar-refractivity contribution is 4.90. The van der Waals surface area contributed by atoms with Crippen molar-refractivity contribution in [3.8, 4) is 0 Å². The van der Waals surface area contributed by atoms with Crippen LogP contribution in [0.25, 0.3) is 0 Å². The van der Waals surface area contributed by atoms with E-state index >= 15 is 0 Å². The van der Waals surface area contributed by atoms with Crippen molar-refractivity contribution in [3.05, 3.63) is 0 Å². The Hall–Kier alpha value is -0.120. The van der Waals surface area contributed by atoms with E-state index < -0.39 is 0 Å². The van der Waals surface area contributed by atoms with Crippen LogP contribution in [0.2, 0.25) is 0 Å². The Kier molecular flexibility index (Phi) is 2.86. The maximum atomic E-state index is 5.82. The van der Waals surface area contributed by atoms with Crippen molar-refractivity contribution in [2.24, 2.45) is 11.7 Å². The van der Waals surface area contributed by atoms with Gasteiger partial charge in [-0.3, -0.25) is 4.90 Å². The van der Waals surface area contributed by atoms with Gasteiger partial charge in [0.25, 0.3) is 0 Å². The molecule has 76 valence electrons. The average Bonchev–Trinajstić information content (AvgIpc) is 2.93. The van der Waals surface area contributed by atoms with Gasteiger partial charge in [0.2, 0.25) is 0 Å². The second kappa shape index (κ2) is 3.95. The lowest BCUT2D eigenvalue weighted by molar-refractivity contribution is 0.104. The summed E-state index contributed by atoms with van der Waals surface area (Å²) in [5.41, 5.74) is 5.82. The minimum absolute atomic E-state index is 0.689. The van der Waals surface area contributed by atoms with Gasteiger partial charge in [0, 0.05) is 38.8 Å². The fourth-order valence-electron chi connectivity index (χ4n) is 2.27. The summed E-state index contributed by atoms with van der Waals surface area (Å²) in [7, 11) is 2.20. The summed E-state index contributed by atoms with van der Waals surface area (Å²) in [6.45, 7) is 5.71. The lowest BCUT2D eigenvalue weighted by atomic mass is 10.1. The van der Waals surface area contributed by atoms with Crippen LogP contribution >= 0.6 is 0 Å². The molecule has 2 N–H and O–H groups in total. The smallest absolute Gasteiger partial charge is 0.0247 e. The van der Waals surface area contributed by atoms with Crippen molar-refractivity contribution in [1.82, 2.24) is 9.80 Å². The maximum absolute atomic E-state index is 5.82. The third kappa shape index (κ3) is 2.22. The van der Waals surface area contributed by atoms with Gasteiger partial charge in [-0.1, -0.05) is 0 Å². The number of hydrogen-bond donors (Lipinski definition) is 1. The number of nitrogens with two attached hydrogens (primary N) is 1. The number of likely N-dealkylation sites (N-methyl/N-ethyl adjacent to an activating group) is 1. The van der Waals surface area contributed by atoms with Gasteiger partial charge in [-0.05, 0) is 25.8 Å². The summed E-state index contributed by atoms with van der Waals surface area (Å²) in [4.78, 5) is 4.99. The van der Waals surface area contributed by atoms with E-state index in [4.69, 9.17) is 5.73 Å². The van der Waals surface area contributed by atoms with Gasteiger partial charge < -0.3 is 10.6 Å². The van der Waals surface area contributed by atoms with Crippen LogP contribution in [0.1, 0.15) is 12.8 Å². The van der Waals surface area contributed by atoms with Gasteiger partial charge in [0.05, 0.1) is 0 Å². The molecule has 1 unspecified atom stereocenters. The molecule has 0 radical (unpaired) electrons. The molecule has 2 fully saturated rings. The van der Waals surface area contributed by atoms with Crippen molar-refractivity contribution >= 4 is 0 Å². The summed E-state index contributed by atoms with van der Waals surface area (Å²) in [6, 6.07) is 0.689. The fourth-order valence-corrected chi connectivity index (χ4v) is 2.27. The third-order valence-electron chi connectivity index (χ3n) is 3.41. The quantitative estimate of drug-likeness (QED) is 0.667. The van der Waals surface area contributed by atoms with Crippen LogP contribution in [0.15, 0.2) is 0 Å². The number of nitrogens with zero attached hydrogens (tertiary/aromatic N) is 2. The van der Waals surface area contributed by atoms with Gasteiger partial charge in [-0.2, -0.15) is 0 Å². The molecule has 3 heteroatoms. The highest BCUT2D eigenvalue weighted by atomic mass is 15.3. The first-order valence-corrected chi connectivity index (χ1v) is 5.44. The molecule has 1 aliphatic heterocycles. The van der Waals surface area contributed by atoms with Crippen molar-refractivity contribution in [2.45, 2.75) is 18.9 Å². The summed E-state index contributed by atoms with van der Waals surface area (Å²) in [5.74, 6) is 0.924. The Morgan fingerprint density at radius 2 is 1.85 bits per heavy atom. The zero-order valence-electron chi connectivity index (χ0n) is 8.58. The second-order valence-electron chi connectivity index (χ2n) is 4.48. The standard InChI is InChI=1S/C10H21N3/c1-12-4-6-13(7-5-12)10(8-11)9-2-3-9/h9-10H,2-8,11H2,1H3. The molecule has 13 heavy (non-hydrogen) atoms.